The molecule has 2 aromatic carbocycles. The summed E-state index contributed by atoms with van der Waals surface area (Å²) in [4.78, 5) is 0. The summed E-state index contributed by atoms with van der Waals surface area (Å²) in [7, 11) is 1.71. The molecule has 0 unspecified atom stereocenters. The number of benzene rings is 2. The standard InChI is InChI=1S/C24H28N2O2/c1-3-17-11-13-24(14-12-17)26-22(20-9-4-5-10-23(20)28-24)16-21(25-26)18-7-6-8-19(15-18)27-2/h4-10,15,17,22H,3,11-14,16H2,1-2H3/t17?,22-,24?/m1/s1. The first-order chi connectivity index (χ1) is 13.7. The molecule has 0 radical (unpaired) electrons. The number of hydrogen-bond donors (Lipinski definition) is 0. The van der Waals surface area contributed by atoms with Crippen LogP contribution in [-0.2, 0) is 0 Å². The lowest BCUT2D eigenvalue weighted by molar-refractivity contribution is -0.146. The molecule has 28 heavy (non-hydrogen) atoms. The largest absolute Gasteiger partial charge is 0.497 e. The molecule has 0 N–H and O–H groups in total. The van der Waals surface area contributed by atoms with Gasteiger partial charge < -0.3 is 9.47 Å². The van der Waals surface area contributed by atoms with Gasteiger partial charge in [-0.15, -0.1) is 0 Å². The molecule has 1 saturated carbocycles. The van der Waals surface area contributed by atoms with Gasteiger partial charge in [-0.1, -0.05) is 43.7 Å². The van der Waals surface area contributed by atoms with Crippen LogP contribution in [0.4, 0.5) is 0 Å². The molecule has 4 heteroatoms. The van der Waals surface area contributed by atoms with Crippen molar-refractivity contribution >= 4 is 5.71 Å². The summed E-state index contributed by atoms with van der Waals surface area (Å²) in [6.07, 6.45) is 6.69. The van der Waals surface area contributed by atoms with Crippen LogP contribution in [0.15, 0.2) is 53.6 Å². The predicted octanol–water partition coefficient (Wildman–Crippen LogP) is 5.54. The van der Waals surface area contributed by atoms with Crippen LogP contribution in [0.2, 0.25) is 0 Å². The van der Waals surface area contributed by atoms with E-state index in [-0.39, 0.29) is 11.8 Å². The van der Waals surface area contributed by atoms with E-state index in [0.717, 1.165) is 48.0 Å². The highest BCUT2D eigenvalue weighted by molar-refractivity contribution is 6.02. The zero-order valence-corrected chi connectivity index (χ0v) is 16.7. The number of rotatable bonds is 3. The van der Waals surface area contributed by atoms with E-state index in [9.17, 15) is 0 Å². The Morgan fingerprint density at radius 3 is 2.75 bits per heavy atom. The monoisotopic (exact) mass is 376 g/mol. The molecule has 2 aliphatic heterocycles. The van der Waals surface area contributed by atoms with Crippen molar-refractivity contribution in [3.8, 4) is 11.5 Å². The summed E-state index contributed by atoms with van der Waals surface area (Å²) in [5, 5.41) is 7.45. The SMILES string of the molecule is CCC1CCC2(CC1)Oc1ccccc1[C@H]1CC(c3cccc(OC)c3)=NN12. The molecule has 0 saturated heterocycles. The molecule has 0 amide bonds. The molecule has 1 atom stereocenters. The zero-order valence-electron chi connectivity index (χ0n) is 16.7. The maximum absolute atomic E-state index is 6.69. The molecular formula is C24H28N2O2. The molecule has 146 valence electrons. The van der Waals surface area contributed by atoms with E-state index < -0.39 is 0 Å². The van der Waals surface area contributed by atoms with Gasteiger partial charge in [0.25, 0.3) is 0 Å². The van der Waals surface area contributed by atoms with Crippen LogP contribution in [0.1, 0.15) is 62.6 Å². The van der Waals surface area contributed by atoms with Crippen LogP contribution in [0, 0.1) is 5.92 Å². The maximum Gasteiger partial charge on any atom is 0.198 e. The Balaban J connectivity index is 1.54. The van der Waals surface area contributed by atoms with Crippen molar-refractivity contribution in [3.63, 3.8) is 0 Å². The van der Waals surface area contributed by atoms with E-state index in [0.29, 0.717) is 0 Å². The number of nitrogens with zero attached hydrogens (tertiary/aromatic N) is 2. The molecule has 4 nitrogen and oxygen atoms in total. The highest BCUT2D eigenvalue weighted by Crippen LogP contribution is 2.52. The highest BCUT2D eigenvalue weighted by atomic mass is 16.5. The first kappa shape index (κ1) is 17.6. The molecule has 1 aliphatic carbocycles. The molecule has 2 heterocycles. The molecule has 2 aromatic rings. The molecule has 0 bridgehead atoms. The average Bonchev–Trinajstić information content (AvgIpc) is 3.21. The van der Waals surface area contributed by atoms with Crippen LogP contribution in [0.5, 0.6) is 11.5 Å². The third-order valence-corrected chi connectivity index (χ3v) is 6.77. The predicted molar refractivity (Wildman–Crippen MR) is 111 cm³/mol. The smallest absolute Gasteiger partial charge is 0.198 e. The van der Waals surface area contributed by atoms with E-state index in [1.54, 1.807) is 7.11 Å². The van der Waals surface area contributed by atoms with Crippen molar-refractivity contribution < 1.29 is 9.47 Å². The van der Waals surface area contributed by atoms with E-state index in [2.05, 4.69) is 48.3 Å². The van der Waals surface area contributed by atoms with Gasteiger partial charge in [-0.05, 0) is 37.0 Å². The van der Waals surface area contributed by atoms with Gasteiger partial charge in [0.2, 0.25) is 0 Å². The zero-order chi connectivity index (χ0) is 19.1. The minimum absolute atomic E-state index is 0.254. The van der Waals surface area contributed by atoms with Gasteiger partial charge in [0, 0.05) is 30.4 Å². The third-order valence-electron chi connectivity index (χ3n) is 6.77. The lowest BCUT2D eigenvalue weighted by atomic mass is 9.80. The Morgan fingerprint density at radius 2 is 1.96 bits per heavy atom. The normalized spacial score (nSPS) is 28.4. The fourth-order valence-electron chi connectivity index (χ4n) is 5.07. The summed E-state index contributed by atoms with van der Waals surface area (Å²) in [5.41, 5.74) is 3.22. The number of hydrazone groups is 1. The summed E-state index contributed by atoms with van der Waals surface area (Å²) < 4.78 is 12.1. The maximum atomic E-state index is 6.69. The highest BCUT2D eigenvalue weighted by Gasteiger charge is 2.51. The fourth-order valence-corrected chi connectivity index (χ4v) is 5.07. The van der Waals surface area contributed by atoms with E-state index in [1.807, 2.05) is 12.1 Å². The lowest BCUT2D eigenvalue weighted by Crippen LogP contribution is -2.55. The first-order valence-electron chi connectivity index (χ1n) is 10.5. The van der Waals surface area contributed by atoms with Crippen molar-refractivity contribution in [2.45, 2.75) is 57.2 Å². The van der Waals surface area contributed by atoms with E-state index >= 15 is 0 Å². The van der Waals surface area contributed by atoms with Gasteiger partial charge in [-0.2, -0.15) is 5.10 Å². The van der Waals surface area contributed by atoms with Crippen molar-refractivity contribution in [1.29, 1.82) is 0 Å². The Kier molecular flexibility index (Phi) is 4.30. The van der Waals surface area contributed by atoms with Crippen molar-refractivity contribution in [2.75, 3.05) is 7.11 Å². The third kappa shape index (κ3) is 2.78. The molecule has 1 spiro atoms. The van der Waals surface area contributed by atoms with Gasteiger partial charge in [0.15, 0.2) is 5.72 Å². The summed E-state index contributed by atoms with van der Waals surface area (Å²) in [6, 6.07) is 17.0. The first-order valence-corrected chi connectivity index (χ1v) is 10.5. The van der Waals surface area contributed by atoms with Gasteiger partial charge in [-0.3, -0.25) is 0 Å². The molecule has 5 rings (SSSR count). The van der Waals surface area contributed by atoms with Gasteiger partial charge >= 0.3 is 0 Å². The Morgan fingerprint density at radius 1 is 1.14 bits per heavy atom. The van der Waals surface area contributed by atoms with Crippen molar-refractivity contribution in [3.05, 3.63) is 59.7 Å². The number of para-hydroxylation sites is 1. The lowest BCUT2D eigenvalue weighted by Gasteiger charge is -2.50. The second-order valence-corrected chi connectivity index (χ2v) is 8.28. The Hall–Kier alpha value is -2.49. The summed E-state index contributed by atoms with van der Waals surface area (Å²) >= 11 is 0. The molecule has 3 aliphatic rings. The van der Waals surface area contributed by atoms with Crippen LogP contribution >= 0.6 is 0 Å². The molecule has 1 fully saturated rings. The van der Waals surface area contributed by atoms with Crippen molar-refractivity contribution in [1.82, 2.24) is 5.01 Å². The van der Waals surface area contributed by atoms with Crippen LogP contribution in [0.25, 0.3) is 0 Å². The number of methoxy groups -OCH3 is 1. The number of ether oxygens (including phenoxy) is 2. The summed E-state index contributed by atoms with van der Waals surface area (Å²) in [5.74, 6) is 2.73. The minimum Gasteiger partial charge on any atom is -0.497 e. The number of fused-ring (bicyclic) bond motifs is 4. The topological polar surface area (TPSA) is 34.1 Å². The van der Waals surface area contributed by atoms with Gasteiger partial charge in [0.1, 0.15) is 11.5 Å². The summed E-state index contributed by atoms with van der Waals surface area (Å²) in [6.45, 7) is 2.30. The van der Waals surface area contributed by atoms with E-state index in [4.69, 9.17) is 14.6 Å². The van der Waals surface area contributed by atoms with Crippen LogP contribution in [-0.4, -0.2) is 23.6 Å². The fraction of sp³-hybridized carbons (Fsp3) is 0.458. The van der Waals surface area contributed by atoms with Crippen LogP contribution in [0.3, 0.4) is 0 Å². The van der Waals surface area contributed by atoms with Gasteiger partial charge in [-0.25, -0.2) is 5.01 Å². The van der Waals surface area contributed by atoms with Crippen molar-refractivity contribution in [2.24, 2.45) is 11.0 Å². The van der Waals surface area contributed by atoms with Crippen LogP contribution < -0.4 is 9.47 Å². The van der Waals surface area contributed by atoms with Gasteiger partial charge in [0.05, 0.1) is 18.9 Å². The number of hydrogen-bond acceptors (Lipinski definition) is 4. The Labute approximate surface area is 167 Å². The molecule has 0 aromatic heterocycles. The second-order valence-electron chi connectivity index (χ2n) is 8.28. The van der Waals surface area contributed by atoms with E-state index in [1.165, 1.54) is 24.8 Å². The Bertz CT molecular complexity index is 899. The average molecular weight is 377 g/mol. The minimum atomic E-state index is -0.300. The quantitative estimate of drug-likeness (QED) is 0.706. The second kappa shape index (κ2) is 6.84. The molecular weight excluding hydrogens is 348 g/mol.